The molecule has 2 aromatic heterocycles. The third-order valence-electron chi connectivity index (χ3n) is 5.02. The molecule has 2 aliphatic heterocycles. The summed E-state index contributed by atoms with van der Waals surface area (Å²) in [6.07, 6.45) is 2.59. The van der Waals surface area contributed by atoms with Crippen LogP contribution in [0.25, 0.3) is 0 Å². The van der Waals surface area contributed by atoms with Gasteiger partial charge in [0, 0.05) is 24.8 Å². The second-order valence-corrected chi connectivity index (χ2v) is 6.56. The number of rotatable bonds is 3. The topological polar surface area (TPSA) is 64.3 Å². The Bertz CT molecular complexity index is 740. The first-order valence-electron chi connectivity index (χ1n) is 8.48. The van der Waals surface area contributed by atoms with Crippen LogP contribution in [0.5, 0.6) is 5.88 Å². The lowest BCUT2D eigenvalue weighted by Gasteiger charge is -2.34. The molecular weight excluding hydrogens is 311 g/mol. The molecule has 0 amide bonds. The number of fused-ring (bicyclic) bond motifs is 1. The van der Waals surface area contributed by atoms with Gasteiger partial charge in [-0.2, -0.15) is 0 Å². The van der Waals surface area contributed by atoms with E-state index in [1.165, 1.54) is 0 Å². The average molecular weight is 332 g/mol. The zero-order valence-corrected chi connectivity index (χ0v) is 14.0. The molecule has 2 aliphatic rings. The lowest BCUT2D eigenvalue weighted by atomic mass is 9.95. The molecule has 0 spiro atoms. The maximum atomic E-state index is 14.4. The summed E-state index contributed by atoms with van der Waals surface area (Å²) in [5.74, 6) is 1.96. The van der Waals surface area contributed by atoms with Crippen LogP contribution in [-0.4, -0.2) is 39.8 Å². The lowest BCUT2D eigenvalue weighted by molar-refractivity contribution is 0.148. The van der Waals surface area contributed by atoms with E-state index in [2.05, 4.69) is 20.1 Å². The van der Waals surface area contributed by atoms with Crippen molar-refractivity contribution >= 4 is 0 Å². The number of aryl methyl sites for hydroxylation is 1. The van der Waals surface area contributed by atoms with Gasteiger partial charge in [-0.15, -0.1) is 10.2 Å². The van der Waals surface area contributed by atoms with Gasteiger partial charge in [-0.05, 0) is 38.9 Å². The van der Waals surface area contributed by atoms with E-state index < -0.39 is 0 Å². The molecule has 7 heteroatoms. The van der Waals surface area contributed by atoms with Crippen molar-refractivity contribution in [1.29, 1.82) is 0 Å². The summed E-state index contributed by atoms with van der Waals surface area (Å²) < 4.78 is 25.4. The summed E-state index contributed by atoms with van der Waals surface area (Å²) in [6.45, 7) is 6.11. The summed E-state index contributed by atoms with van der Waals surface area (Å²) in [7, 11) is 0. The number of likely N-dealkylation sites (tertiary alicyclic amines) is 1. The van der Waals surface area contributed by atoms with Gasteiger partial charge in [0.2, 0.25) is 17.7 Å². The van der Waals surface area contributed by atoms with Crippen LogP contribution in [0, 0.1) is 12.7 Å². The number of pyridine rings is 1. The van der Waals surface area contributed by atoms with Gasteiger partial charge in [0.05, 0.1) is 18.3 Å². The van der Waals surface area contributed by atoms with Crippen LogP contribution < -0.4 is 4.74 Å². The van der Waals surface area contributed by atoms with Crippen molar-refractivity contribution in [2.75, 3.05) is 19.7 Å². The Hall–Kier alpha value is -2.02. The Morgan fingerprint density at radius 2 is 2.08 bits per heavy atom. The zero-order valence-electron chi connectivity index (χ0n) is 14.0. The second-order valence-electron chi connectivity index (χ2n) is 6.56. The first-order valence-corrected chi connectivity index (χ1v) is 8.48. The van der Waals surface area contributed by atoms with Crippen LogP contribution >= 0.6 is 0 Å². The molecule has 6 nitrogen and oxygen atoms in total. The molecule has 0 N–H and O–H groups in total. The Kier molecular flexibility index (Phi) is 3.96. The fourth-order valence-electron chi connectivity index (χ4n) is 3.56. The van der Waals surface area contributed by atoms with Crippen LogP contribution in [0.1, 0.15) is 54.8 Å². The zero-order chi connectivity index (χ0) is 16.7. The molecule has 2 aromatic rings. The Balaban J connectivity index is 1.46. The third-order valence-corrected chi connectivity index (χ3v) is 5.02. The largest absolute Gasteiger partial charge is 0.477 e. The summed E-state index contributed by atoms with van der Waals surface area (Å²) in [5, 5.41) is 8.03. The van der Waals surface area contributed by atoms with Crippen molar-refractivity contribution in [1.82, 2.24) is 20.1 Å². The molecule has 1 unspecified atom stereocenters. The monoisotopic (exact) mass is 332 g/mol. The molecule has 24 heavy (non-hydrogen) atoms. The molecule has 0 aliphatic carbocycles. The average Bonchev–Trinajstić information content (AvgIpc) is 3.22. The van der Waals surface area contributed by atoms with E-state index in [-0.39, 0.29) is 17.8 Å². The molecule has 128 valence electrons. The third kappa shape index (κ3) is 2.77. The normalized spacial score (nSPS) is 20.0. The molecule has 1 fully saturated rings. The summed E-state index contributed by atoms with van der Waals surface area (Å²) in [5.41, 5.74) is 1.34. The SMILES string of the molecule is Cc1nnc(C2CCN(C(C)c3nc4c(cc3F)CCO4)CC2)o1. The molecule has 0 aromatic carbocycles. The van der Waals surface area contributed by atoms with Crippen LogP contribution in [0.4, 0.5) is 4.39 Å². The van der Waals surface area contributed by atoms with Crippen molar-refractivity contribution in [3.05, 3.63) is 34.9 Å². The summed E-state index contributed by atoms with van der Waals surface area (Å²) in [6, 6.07) is 1.50. The Morgan fingerprint density at radius 1 is 1.29 bits per heavy atom. The van der Waals surface area contributed by atoms with Crippen molar-refractivity contribution < 1.29 is 13.5 Å². The van der Waals surface area contributed by atoms with Gasteiger partial charge in [-0.1, -0.05) is 0 Å². The fourth-order valence-corrected chi connectivity index (χ4v) is 3.56. The van der Waals surface area contributed by atoms with Gasteiger partial charge in [-0.25, -0.2) is 9.37 Å². The smallest absolute Gasteiger partial charge is 0.219 e. The van der Waals surface area contributed by atoms with Gasteiger partial charge in [0.15, 0.2) is 0 Å². The first-order chi connectivity index (χ1) is 11.6. The van der Waals surface area contributed by atoms with E-state index in [9.17, 15) is 4.39 Å². The quantitative estimate of drug-likeness (QED) is 0.861. The number of nitrogens with zero attached hydrogens (tertiary/aromatic N) is 4. The van der Waals surface area contributed by atoms with Crippen LogP contribution in [0.2, 0.25) is 0 Å². The van der Waals surface area contributed by atoms with Gasteiger partial charge in [0.25, 0.3) is 0 Å². The summed E-state index contributed by atoms with van der Waals surface area (Å²) >= 11 is 0. The van der Waals surface area contributed by atoms with Crippen molar-refractivity contribution in [2.24, 2.45) is 0 Å². The summed E-state index contributed by atoms with van der Waals surface area (Å²) in [4.78, 5) is 6.69. The highest BCUT2D eigenvalue weighted by molar-refractivity contribution is 5.33. The molecule has 4 heterocycles. The number of aromatic nitrogens is 3. The highest BCUT2D eigenvalue weighted by Gasteiger charge is 2.30. The maximum absolute atomic E-state index is 14.4. The number of hydrogen-bond acceptors (Lipinski definition) is 6. The Morgan fingerprint density at radius 3 is 2.79 bits per heavy atom. The van der Waals surface area contributed by atoms with E-state index in [1.54, 1.807) is 13.0 Å². The highest BCUT2D eigenvalue weighted by Crippen LogP contribution is 2.33. The highest BCUT2D eigenvalue weighted by atomic mass is 19.1. The second kappa shape index (κ2) is 6.12. The van der Waals surface area contributed by atoms with Crippen LogP contribution in [-0.2, 0) is 6.42 Å². The van der Waals surface area contributed by atoms with Gasteiger partial charge >= 0.3 is 0 Å². The number of ether oxygens (including phenoxy) is 1. The molecule has 1 atom stereocenters. The van der Waals surface area contributed by atoms with E-state index in [0.717, 1.165) is 43.8 Å². The molecule has 1 saturated heterocycles. The lowest BCUT2D eigenvalue weighted by Crippen LogP contribution is -2.35. The minimum absolute atomic E-state index is 0.0788. The number of hydrogen-bond donors (Lipinski definition) is 0. The standard InChI is InChI=1S/C17H21FN4O2/c1-10(15-14(18)9-13-5-8-23-16(13)19-15)22-6-3-12(4-7-22)17-21-20-11(2)24-17/h9-10,12H,3-8H2,1-2H3. The van der Waals surface area contributed by atoms with Crippen LogP contribution in [0.15, 0.2) is 10.5 Å². The molecule has 0 radical (unpaired) electrons. The van der Waals surface area contributed by atoms with E-state index in [0.29, 0.717) is 24.1 Å². The van der Waals surface area contributed by atoms with Crippen molar-refractivity contribution in [3.63, 3.8) is 0 Å². The van der Waals surface area contributed by atoms with Crippen molar-refractivity contribution in [3.8, 4) is 5.88 Å². The number of halogens is 1. The van der Waals surface area contributed by atoms with Crippen molar-refractivity contribution in [2.45, 2.75) is 45.1 Å². The minimum Gasteiger partial charge on any atom is -0.477 e. The Labute approximate surface area is 140 Å². The molecule has 0 bridgehead atoms. The van der Waals surface area contributed by atoms with E-state index in [4.69, 9.17) is 9.15 Å². The predicted molar refractivity (Wildman–Crippen MR) is 84.4 cm³/mol. The number of piperidine rings is 1. The van der Waals surface area contributed by atoms with Gasteiger partial charge in [-0.3, -0.25) is 4.90 Å². The van der Waals surface area contributed by atoms with Crippen LogP contribution in [0.3, 0.4) is 0 Å². The molecule has 4 rings (SSSR count). The predicted octanol–water partition coefficient (Wildman–Crippen LogP) is 2.79. The molecule has 0 saturated carbocycles. The van der Waals surface area contributed by atoms with E-state index >= 15 is 0 Å². The first kappa shape index (κ1) is 15.5. The fraction of sp³-hybridized carbons (Fsp3) is 0.588. The minimum atomic E-state index is -0.235. The maximum Gasteiger partial charge on any atom is 0.219 e. The van der Waals surface area contributed by atoms with Gasteiger partial charge in [0.1, 0.15) is 5.82 Å². The van der Waals surface area contributed by atoms with E-state index in [1.807, 2.05) is 6.92 Å². The molecular formula is C17H21FN4O2. The van der Waals surface area contributed by atoms with Gasteiger partial charge < -0.3 is 9.15 Å².